The summed E-state index contributed by atoms with van der Waals surface area (Å²) in [5, 5.41) is 5.13. The molecule has 1 saturated carbocycles. The van der Waals surface area contributed by atoms with E-state index in [-0.39, 0.29) is 24.2 Å². The predicted octanol–water partition coefficient (Wildman–Crippen LogP) is 1.41. The lowest BCUT2D eigenvalue weighted by atomic mass is 9.87. The third kappa shape index (κ3) is 3.38. The highest BCUT2D eigenvalue weighted by molar-refractivity contribution is 6.07. The van der Waals surface area contributed by atoms with E-state index in [4.69, 9.17) is 0 Å². The second kappa shape index (κ2) is 6.87. The highest BCUT2D eigenvalue weighted by Crippen LogP contribution is 2.43. The molecule has 1 aromatic carbocycles. The average molecular weight is 370 g/mol. The molecule has 144 valence electrons. The zero-order chi connectivity index (χ0) is 19.0. The molecule has 0 bridgehead atoms. The minimum absolute atomic E-state index is 0.0633. The third-order valence-electron chi connectivity index (χ3n) is 6.06. The van der Waals surface area contributed by atoms with Crippen molar-refractivity contribution < 1.29 is 14.4 Å². The lowest BCUT2D eigenvalue weighted by Crippen LogP contribution is -2.52. The van der Waals surface area contributed by atoms with Crippen molar-refractivity contribution in [3.8, 4) is 0 Å². The maximum absolute atomic E-state index is 12.7. The highest BCUT2D eigenvalue weighted by Gasteiger charge is 2.55. The predicted molar refractivity (Wildman–Crippen MR) is 101 cm³/mol. The smallest absolute Gasteiger partial charge is 0.322 e. The molecule has 3 fully saturated rings. The third-order valence-corrected chi connectivity index (χ3v) is 6.06. The first-order valence-corrected chi connectivity index (χ1v) is 9.71. The SMILES string of the molecule is Cc1ccccc1N1CCN(C(=O)CCC2(C3CC3)NC(=O)NC2=O)CC1. The molecule has 4 amide bonds. The quantitative estimate of drug-likeness (QED) is 0.768. The fourth-order valence-electron chi connectivity index (χ4n) is 4.33. The van der Waals surface area contributed by atoms with Gasteiger partial charge in [-0.3, -0.25) is 14.9 Å². The number of amides is 4. The standard InChI is InChI=1S/C20H26N4O3/c1-14-4-2-3-5-16(14)23-10-12-24(13-11-23)17(25)8-9-20(15-6-7-15)18(26)21-19(27)22-20/h2-5,15H,6-13H2,1H3,(H2,21,22,26,27). The van der Waals surface area contributed by atoms with Gasteiger partial charge in [0.15, 0.2) is 0 Å². The number of imide groups is 1. The van der Waals surface area contributed by atoms with Gasteiger partial charge in [0, 0.05) is 38.3 Å². The van der Waals surface area contributed by atoms with Crippen molar-refractivity contribution in [1.29, 1.82) is 0 Å². The van der Waals surface area contributed by atoms with Crippen molar-refractivity contribution in [1.82, 2.24) is 15.5 Å². The van der Waals surface area contributed by atoms with Crippen LogP contribution < -0.4 is 15.5 Å². The number of piperazine rings is 1. The second-order valence-corrected chi connectivity index (χ2v) is 7.81. The number of rotatable bonds is 5. The van der Waals surface area contributed by atoms with Crippen molar-refractivity contribution in [2.45, 2.75) is 38.1 Å². The van der Waals surface area contributed by atoms with Crippen LogP contribution in [0.2, 0.25) is 0 Å². The van der Waals surface area contributed by atoms with E-state index in [1.807, 2.05) is 17.0 Å². The van der Waals surface area contributed by atoms with Crippen molar-refractivity contribution in [3.63, 3.8) is 0 Å². The Morgan fingerprint density at radius 2 is 1.85 bits per heavy atom. The van der Waals surface area contributed by atoms with E-state index in [0.29, 0.717) is 19.5 Å². The van der Waals surface area contributed by atoms with Crippen molar-refractivity contribution in [2.24, 2.45) is 5.92 Å². The Morgan fingerprint density at radius 3 is 2.44 bits per heavy atom. The van der Waals surface area contributed by atoms with E-state index in [1.54, 1.807) is 0 Å². The lowest BCUT2D eigenvalue weighted by Gasteiger charge is -2.37. The van der Waals surface area contributed by atoms with Crippen LogP contribution in [0.15, 0.2) is 24.3 Å². The van der Waals surface area contributed by atoms with Crippen LogP contribution in [-0.4, -0.2) is 54.5 Å². The van der Waals surface area contributed by atoms with Gasteiger partial charge in [0.2, 0.25) is 5.91 Å². The van der Waals surface area contributed by atoms with Gasteiger partial charge in [0.25, 0.3) is 5.91 Å². The molecular formula is C20H26N4O3. The molecule has 2 heterocycles. The molecule has 7 nitrogen and oxygen atoms in total. The van der Waals surface area contributed by atoms with Crippen LogP contribution in [-0.2, 0) is 9.59 Å². The van der Waals surface area contributed by atoms with Crippen LogP contribution in [0.25, 0.3) is 0 Å². The van der Waals surface area contributed by atoms with Gasteiger partial charge in [-0.25, -0.2) is 4.79 Å². The molecule has 1 unspecified atom stereocenters. The monoisotopic (exact) mass is 370 g/mol. The van der Waals surface area contributed by atoms with Gasteiger partial charge in [0.05, 0.1) is 0 Å². The normalized spacial score (nSPS) is 25.4. The molecule has 0 aromatic heterocycles. The number of hydrogen-bond donors (Lipinski definition) is 2. The van der Waals surface area contributed by atoms with E-state index in [0.717, 1.165) is 25.9 Å². The van der Waals surface area contributed by atoms with Gasteiger partial charge in [-0.15, -0.1) is 0 Å². The molecule has 0 radical (unpaired) electrons. The van der Waals surface area contributed by atoms with Gasteiger partial charge in [-0.1, -0.05) is 18.2 Å². The summed E-state index contributed by atoms with van der Waals surface area (Å²) in [6.45, 7) is 5.08. The van der Waals surface area contributed by atoms with Crippen molar-refractivity contribution in [2.75, 3.05) is 31.1 Å². The van der Waals surface area contributed by atoms with Gasteiger partial charge < -0.3 is 15.1 Å². The molecule has 1 atom stereocenters. The molecule has 0 spiro atoms. The number of carbonyl (C=O) groups excluding carboxylic acids is 3. The number of nitrogens with one attached hydrogen (secondary N) is 2. The van der Waals surface area contributed by atoms with Gasteiger partial charge in [-0.05, 0) is 43.7 Å². The van der Waals surface area contributed by atoms with Crippen molar-refractivity contribution in [3.05, 3.63) is 29.8 Å². The molecule has 7 heteroatoms. The molecule has 1 aliphatic carbocycles. The van der Waals surface area contributed by atoms with Crippen LogP contribution in [0.4, 0.5) is 10.5 Å². The van der Waals surface area contributed by atoms with Crippen LogP contribution in [0.1, 0.15) is 31.2 Å². The van der Waals surface area contributed by atoms with Crippen LogP contribution in [0.5, 0.6) is 0 Å². The molecule has 1 aromatic rings. The minimum atomic E-state index is -0.879. The number of nitrogens with zero attached hydrogens (tertiary/aromatic N) is 2. The summed E-state index contributed by atoms with van der Waals surface area (Å²) in [7, 11) is 0. The summed E-state index contributed by atoms with van der Waals surface area (Å²) in [5.41, 5.74) is 1.59. The van der Waals surface area contributed by atoms with Crippen molar-refractivity contribution >= 4 is 23.5 Å². The van der Waals surface area contributed by atoms with Gasteiger partial charge in [-0.2, -0.15) is 0 Å². The van der Waals surface area contributed by atoms with E-state index in [9.17, 15) is 14.4 Å². The molecule has 4 rings (SSSR count). The maximum Gasteiger partial charge on any atom is 0.322 e. The zero-order valence-corrected chi connectivity index (χ0v) is 15.7. The van der Waals surface area contributed by atoms with Crippen LogP contribution in [0, 0.1) is 12.8 Å². The van der Waals surface area contributed by atoms with Gasteiger partial charge >= 0.3 is 6.03 Å². The Hall–Kier alpha value is -2.57. The topological polar surface area (TPSA) is 81.8 Å². The number of para-hydroxylation sites is 1. The molecule has 2 aliphatic heterocycles. The fourth-order valence-corrected chi connectivity index (χ4v) is 4.33. The summed E-state index contributed by atoms with van der Waals surface area (Å²) in [6, 6.07) is 7.86. The Labute approximate surface area is 159 Å². The summed E-state index contributed by atoms with van der Waals surface area (Å²) in [6.07, 6.45) is 2.52. The zero-order valence-electron chi connectivity index (χ0n) is 15.7. The molecular weight excluding hydrogens is 344 g/mol. The minimum Gasteiger partial charge on any atom is -0.368 e. The fraction of sp³-hybridized carbons (Fsp3) is 0.550. The van der Waals surface area contributed by atoms with E-state index in [2.05, 4.69) is 34.6 Å². The first-order valence-electron chi connectivity index (χ1n) is 9.71. The average Bonchev–Trinajstić information content (AvgIpc) is 3.47. The number of hydrogen-bond acceptors (Lipinski definition) is 4. The molecule has 3 aliphatic rings. The largest absolute Gasteiger partial charge is 0.368 e. The number of carbonyl (C=O) groups is 3. The Bertz CT molecular complexity index is 768. The number of benzene rings is 1. The molecule has 2 saturated heterocycles. The lowest BCUT2D eigenvalue weighted by molar-refractivity contribution is -0.132. The van der Waals surface area contributed by atoms with Crippen LogP contribution in [0.3, 0.4) is 0 Å². The Balaban J connectivity index is 1.33. The van der Waals surface area contributed by atoms with E-state index >= 15 is 0 Å². The first kappa shape index (κ1) is 17.8. The Morgan fingerprint density at radius 1 is 1.15 bits per heavy atom. The van der Waals surface area contributed by atoms with E-state index < -0.39 is 11.6 Å². The maximum atomic E-state index is 12.7. The molecule has 27 heavy (non-hydrogen) atoms. The summed E-state index contributed by atoms with van der Waals surface area (Å²) < 4.78 is 0. The number of urea groups is 1. The van der Waals surface area contributed by atoms with Crippen LogP contribution >= 0.6 is 0 Å². The van der Waals surface area contributed by atoms with Gasteiger partial charge in [0.1, 0.15) is 5.54 Å². The molecule has 2 N–H and O–H groups in total. The van der Waals surface area contributed by atoms with E-state index in [1.165, 1.54) is 11.3 Å². The Kier molecular flexibility index (Phi) is 4.53. The summed E-state index contributed by atoms with van der Waals surface area (Å²) >= 11 is 0. The highest BCUT2D eigenvalue weighted by atomic mass is 16.2. The number of anilines is 1. The summed E-state index contributed by atoms with van der Waals surface area (Å²) in [4.78, 5) is 40.8. The second-order valence-electron chi connectivity index (χ2n) is 7.81. The number of aryl methyl sites for hydroxylation is 1. The first-order chi connectivity index (χ1) is 13.0. The summed E-state index contributed by atoms with van der Waals surface area (Å²) in [5.74, 6) is -0.0461.